The zero-order valence-electron chi connectivity index (χ0n) is 13.6. The zero-order chi connectivity index (χ0) is 16.2. The molecule has 0 aliphatic carbocycles. The quantitative estimate of drug-likeness (QED) is 0.933. The number of aryl methyl sites for hydroxylation is 1. The Morgan fingerprint density at radius 3 is 2.48 bits per heavy atom. The van der Waals surface area contributed by atoms with Gasteiger partial charge in [0.2, 0.25) is 5.95 Å². The van der Waals surface area contributed by atoms with E-state index in [0.29, 0.717) is 0 Å². The third-order valence-corrected chi connectivity index (χ3v) is 4.27. The Morgan fingerprint density at radius 2 is 1.78 bits per heavy atom. The first-order valence-electron chi connectivity index (χ1n) is 7.87. The maximum Gasteiger partial charge on any atom is 0.227 e. The third kappa shape index (κ3) is 4.33. The molecular formula is C17H22ClN5. The number of nitrogens with zero attached hydrogens (tertiary/aromatic N) is 4. The molecule has 1 fully saturated rings. The summed E-state index contributed by atoms with van der Waals surface area (Å²) in [6.07, 6.45) is 0. The van der Waals surface area contributed by atoms with Crippen LogP contribution in [0.3, 0.4) is 0 Å². The minimum absolute atomic E-state index is 0.718. The van der Waals surface area contributed by atoms with E-state index >= 15 is 0 Å². The molecule has 1 aromatic carbocycles. The lowest BCUT2D eigenvalue weighted by molar-refractivity contribution is 0.311. The van der Waals surface area contributed by atoms with E-state index in [1.165, 1.54) is 5.56 Å². The highest BCUT2D eigenvalue weighted by molar-refractivity contribution is 6.30. The molecule has 1 saturated heterocycles. The van der Waals surface area contributed by atoms with Gasteiger partial charge in [-0.3, -0.25) is 0 Å². The second-order valence-electron chi connectivity index (χ2n) is 5.96. The first kappa shape index (κ1) is 16.0. The van der Waals surface area contributed by atoms with Crippen LogP contribution in [0.5, 0.6) is 0 Å². The van der Waals surface area contributed by atoms with Crippen molar-refractivity contribution in [3.8, 4) is 0 Å². The van der Waals surface area contributed by atoms with Crippen LogP contribution in [-0.4, -0.2) is 48.1 Å². The van der Waals surface area contributed by atoms with Gasteiger partial charge in [0.25, 0.3) is 0 Å². The van der Waals surface area contributed by atoms with Gasteiger partial charge in [-0.25, -0.2) is 4.98 Å². The number of rotatable bonds is 4. The zero-order valence-corrected chi connectivity index (χ0v) is 14.3. The maximum atomic E-state index is 5.92. The van der Waals surface area contributed by atoms with E-state index in [1.54, 1.807) is 0 Å². The molecule has 0 amide bonds. The number of piperazine rings is 1. The van der Waals surface area contributed by atoms with Crippen LogP contribution >= 0.6 is 11.6 Å². The SMILES string of the molecule is Cc1cc(NCc2ccc(Cl)cc2)nc(N2CCN(C)CC2)n1. The molecule has 122 valence electrons. The van der Waals surface area contributed by atoms with E-state index in [4.69, 9.17) is 11.6 Å². The first-order chi connectivity index (χ1) is 11.1. The van der Waals surface area contributed by atoms with E-state index in [-0.39, 0.29) is 0 Å². The summed E-state index contributed by atoms with van der Waals surface area (Å²) in [4.78, 5) is 13.8. The number of halogens is 1. The van der Waals surface area contributed by atoms with Crippen molar-refractivity contribution in [3.05, 3.63) is 46.6 Å². The van der Waals surface area contributed by atoms with Gasteiger partial charge in [-0.2, -0.15) is 4.98 Å². The molecule has 0 radical (unpaired) electrons. The van der Waals surface area contributed by atoms with Gasteiger partial charge in [0.05, 0.1) is 0 Å². The van der Waals surface area contributed by atoms with Gasteiger partial charge in [0, 0.05) is 49.5 Å². The Hall–Kier alpha value is -1.85. The van der Waals surface area contributed by atoms with Crippen molar-refractivity contribution in [3.63, 3.8) is 0 Å². The van der Waals surface area contributed by atoms with Gasteiger partial charge < -0.3 is 15.1 Å². The number of aromatic nitrogens is 2. The Kier molecular flexibility index (Phi) is 4.98. The summed E-state index contributed by atoms with van der Waals surface area (Å²) in [6, 6.07) is 9.82. The number of likely N-dealkylation sites (N-methyl/N-ethyl adjacent to an activating group) is 1. The van der Waals surface area contributed by atoms with E-state index in [9.17, 15) is 0 Å². The summed E-state index contributed by atoms with van der Waals surface area (Å²) >= 11 is 5.92. The second-order valence-corrected chi connectivity index (χ2v) is 6.40. The minimum atomic E-state index is 0.718. The van der Waals surface area contributed by atoms with E-state index in [1.807, 2.05) is 37.3 Å². The molecule has 0 saturated carbocycles. The van der Waals surface area contributed by atoms with Crippen LogP contribution in [0.15, 0.2) is 30.3 Å². The highest BCUT2D eigenvalue weighted by Gasteiger charge is 2.17. The predicted octanol–water partition coefficient (Wildman–Crippen LogP) is 2.80. The summed E-state index contributed by atoms with van der Waals surface area (Å²) in [5.74, 6) is 1.68. The van der Waals surface area contributed by atoms with Gasteiger partial charge in [-0.15, -0.1) is 0 Å². The van der Waals surface area contributed by atoms with Crippen molar-refractivity contribution < 1.29 is 0 Å². The number of anilines is 2. The Labute approximate surface area is 142 Å². The molecule has 2 aromatic rings. The van der Waals surface area contributed by atoms with Crippen molar-refractivity contribution in [2.75, 3.05) is 43.4 Å². The molecule has 1 N–H and O–H groups in total. The van der Waals surface area contributed by atoms with Crippen molar-refractivity contribution >= 4 is 23.4 Å². The summed E-state index contributed by atoms with van der Waals surface area (Å²) in [7, 11) is 2.15. The molecule has 23 heavy (non-hydrogen) atoms. The van der Waals surface area contributed by atoms with E-state index < -0.39 is 0 Å². The van der Waals surface area contributed by atoms with Crippen LogP contribution in [0.2, 0.25) is 5.02 Å². The van der Waals surface area contributed by atoms with Gasteiger partial charge >= 0.3 is 0 Å². The number of nitrogens with one attached hydrogen (secondary N) is 1. The normalized spacial score (nSPS) is 15.7. The van der Waals surface area contributed by atoms with E-state index in [0.717, 1.165) is 55.2 Å². The second kappa shape index (κ2) is 7.15. The standard InChI is InChI=1S/C17H22ClN5/c1-13-11-16(19-12-14-3-5-15(18)6-4-14)21-17(20-13)23-9-7-22(2)8-10-23/h3-6,11H,7-10,12H2,1-2H3,(H,19,20,21). The van der Waals surface area contributed by atoms with Crippen LogP contribution in [0.4, 0.5) is 11.8 Å². The summed E-state index contributed by atoms with van der Waals surface area (Å²) < 4.78 is 0. The third-order valence-electron chi connectivity index (χ3n) is 4.02. The summed E-state index contributed by atoms with van der Waals surface area (Å²) in [5.41, 5.74) is 2.15. The fourth-order valence-electron chi connectivity index (χ4n) is 2.59. The van der Waals surface area contributed by atoms with Gasteiger partial charge in [-0.1, -0.05) is 23.7 Å². The smallest absolute Gasteiger partial charge is 0.227 e. The predicted molar refractivity (Wildman–Crippen MR) is 95.3 cm³/mol. The lowest BCUT2D eigenvalue weighted by Crippen LogP contribution is -2.45. The van der Waals surface area contributed by atoms with Crippen molar-refractivity contribution in [1.82, 2.24) is 14.9 Å². The lowest BCUT2D eigenvalue weighted by atomic mass is 10.2. The largest absolute Gasteiger partial charge is 0.366 e. The van der Waals surface area contributed by atoms with Gasteiger partial charge in [0.1, 0.15) is 5.82 Å². The van der Waals surface area contributed by atoms with Crippen LogP contribution in [0.1, 0.15) is 11.3 Å². The molecular weight excluding hydrogens is 310 g/mol. The van der Waals surface area contributed by atoms with Crippen molar-refractivity contribution in [2.45, 2.75) is 13.5 Å². The number of benzene rings is 1. The topological polar surface area (TPSA) is 44.3 Å². The van der Waals surface area contributed by atoms with Crippen LogP contribution in [0.25, 0.3) is 0 Å². The highest BCUT2D eigenvalue weighted by atomic mass is 35.5. The molecule has 5 nitrogen and oxygen atoms in total. The molecule has 0 unspecified atom stereocenters. The minimum Gasteiger partial charge on any atom is -0.366 e. The van der Waals surface area contributed by atoms with Crippen molar-refractivity contribution in [1.29, 1.82) is 0 Å². The molecule has 0 bridgehead atoms. The molecule has 3 rings (SSSR count). The van der Waals surface area contributed by atoms with E-state index in [2.05, 4.69) is 32.1 Å². The summed E-state index contributed by atoms with van der Waals surface area (Å²) in [5, 5.41) is 4.13. The average molecular weight is 332 g/mol. The monoisotopic (exact) mass is 331 g/mol. The number of hydrogen-bond donors (Lipinski definition) is 1. The molecule has 0 spiro atoms. The Balaban J connectivity index is 1.68. The molecule has 1 aromatic heterocycles. The Morgan fingerprint density at radius 1 is 1.09 bits per heavy atom. The lowest BCUT2D eigenvalue weighted by Gasteiger charge is -2.32. The maximum absolute atomic E-state index is 5.92. The molecule has 6 heteroatoms. The molecule has 0 atom stereocenters. The van der Waals surface area contributed by atoms with Crippen molar-refractivity contribution in [2.24, 2.45) is 0 Å². The molecule has 1 aliphatic rings. The van der Waals surface area contributed by atoms with Gasteiger partial charge in [-0.05, 0) is 31.7 Å². The fraction of sp³-hybridized carbons (Fsp3) is 0.412. The van der Waals surface area contributed by atoms with Crippen LogP contribution in [-0.2, 0) is 6.54 Å². The Bertz CT molecular complexity index is 651. The number of hydrogen-bond acceptors (Lipinski definition) is 5. The first-order valence-corrected chi connectivity index (χ1v) is 8.25. The van der Waals surface area contributed by atoms with Crippen LogP contribution in [0, 0.1) is 6.92 Å². The van der Waals surface area contributed by atoms with Crippen LogP contribution < -0.4 is 10.2 Å². The molecule has 2 heterocycles. The average Bonchev–Trinajstić information content (AvgIpc) is 2.54. The molecule has 1 aliphatic heterocycles. The summed E-state index contributed by atoms with van der Waals surface area (Å²) in [6.45, 7) is 6.76. The highest BCUT2D eigenvalue weighted by Crippen LogP contribution is 2.16. The fourth-order valence-corrected chi connectivity index (χ4v) is 2.71. The van der Waals surface area contributed by atoms with Gasteiger partial charge in [0.15, 0.2) is 0 Å².